The fraction of sp³-hybridized carbons (Fsp3) is 0.500. The van der Waals surface area contributed by atoms with Crippen LogP contribution in [0.5, 0.6) is 0 Å². The SMILES string of the molecule is Cc1cc(CN(Cc2cc(C)n(C)n2)C(=O)C[C@H](NS(=O)(=O)c2ccc3occc3c2)C(=O)N(CC(C)C)CC(C)C)nn1C. The lowest BCUT2D eigenvalue weighted by Crippen LogP contribution is -2.52. The molecule has 0 aliphatic carbocycles. The lowest BCUT2D eigenvalue weighted by atomic mass is 10.1. The van der Waals surface area contributed by atoms with E-state index in [1.165, 1.54) is 18.4 Å². The number of furan rings is 1. The topological polar surface area (TPSA) is 136 Å². The molecule has 3 aromatic heterocycles. The van der Waals surface area contributed by atoms with Gasteiger partial charge >= 0.3 is 0 Å². The molecule has 4 aromatic rings. The summed E-state index contributed by atoms with van der Waals surface area (Å²) in [4.78, 5) is 31.5. The van der Waals surface area contributed by atoms with Gasteiger partial charge in [-0.15, -0.1) is 0 Å². The monoisotopic (exact) mass is 639 g/mol. The Balaban J connectivity index is 1.69. The first kappa shape index (κ1) is 33.9. The molecular weight excluding hydrogens is 594 g/mol. The van der Waals surface area contributed by atoms with Gasteiger partial charge in [-0.25, -0.2) is 8.42 Å². The van der Waals surface area contributed by atoms with E-state index in [2.05, 4.69) is 14.9 Å². The molecule has 45 heavy (non-hydrogen) atoms. The van der Waals surface area contributed by atoms with E-state index in [0.29, 0.717) is 35.4 Å². The molecule has 1 N–H and O–H groups in total. The molecule has 0 fully saturated rings. The molecule has 0 spiro atoms. The molecule has 0 saturated carbocycles. The summed E-state index contributed by atoms with van der Waals surface area (Å²) >= 11 is 0. The van der Waals surface area contributed by atoms with Crippen LogP contribution in [0, 0.1) is 25.7 Å². The van der Waals surface area contributed by atoms with Crippen molar-refractivity contribution in [1.82, 2.24) is 34.1 Å². The van der Waals surface area contributed by atoms with Crippen LogP contribution in [-0.2, 0) is 46.8 Å². The molecule has 1 atom stereocenters. The number of aromatic nitrogens is 4. The summed E-state index contributed by atoms with van der Waals surface area (Å²) in [5.74, 6) is -0.566. The number of carbonyl (C=O) groups excluding carboxylic acids is 2. The van der Waals surface area contributed by atoms with Crippen molar-refractivity contribution < 1.29 is 22.4 Å². The van der Waals surface area contributed by atoms with Crippen LogP contribution in [0.3, 0.4) is 0 Å². The van der Waals surface area contributed by atoms with Crippen molar-refractivity contribution in [2.75, 3.05) is 13.1 Å². The fourth-order valence-electron chi connectivity index (χ4n) is 5.25. The smallest absolute Gasteiger partial charge is 0.241 e. The van der Waals surface area contributed by atoms with E-state index in [4.69, 9.17) is 4.42 Å². The Labute approximate surface area is 265 Å². The Morgan fingerprint density at radius 3 is 1.91 bits per heavy atom. The van der Waals surface area contributed by atoms with Gasteiger partial charge in [-0.3, -0.25) is 19.0 Å². The van der Waals surface area contributed by atoms with E-state index in [1.54, 1.807) is 31.3 Å². The summed E-state index contributed by atoms with van der Waals surface area (Å²) in [5.41, 5.74) is 3.75. The molecule has 3 heterocycles. The minimum atomic E-state index is -4.20. The zero-order valence-corrected chi connectivity index (χ0v) is 28.3. The summed E-state index contributed by atoms with van der Waals surface area (Å²) in [6, 6.07) is 8.62. The molecule has 12 nitrogen and oxygen atoms in total. The number of benzene rings is 1. The Morgan fingerprint density at radius 2 is 1.42 bits per heavy atom. The number of amides is 2. The van der Waals surface area contributed by atoms with Crippen LogP contribution < -0.4 is 4.72 Å². The van der Waals surface area contributed by atoms with Crippen molar-refractivity contribution in [3.05, 3.63) is 65.4 Å². The quantitative estimate of drug-likeness (QED) is 0.221. The van der Waals surface area contributed by atoms with Crippen molar-refractivity contribution in [2.45, 2.75) is 72.0 Å². The van der Waals surface area contributed by atoms with Gasteiger partial charge in [-0.2, -0.15) is 14.9 Å². The van der Waals surface area contributed by atoms with Crippen LogP contribution in [0.2, 0.25) is 0 Å². The Morgan fingerprint density at radius 1 is 0.867 bits per heavy atom. The summed E-state index contributed by atoms with van der Waals surface area (Å²) < 4.78 is 38.9. The number of rotatable bonds is 14. The maximum absolute atomic E-state index is 14.1. The third kappa shape index (κ3) is 8.60. The zero-order valence-electron chi connectivity index (χ0n) is 27.4. The highest BCUT2D eigenvalue weighted by Gasteiger charge is 2.34. The molecule has 1 aromatic carbocycles. The highest BCUT2D eigenvalue weighted by atomic mass is 32.2. The van der Waals surface area contributed by atoms with Crippen molar-refractivity contribution in [2.24, 2.45) is 25.9 Å². The van der Waals surface area contributed by atoms with Crippen LogP contribution in [0.1, 0.15) is 56.9 Å². The highest BCUT2D eigenvalue weighted by Crippen LogP contribution is 2.22. The van der Waals surface area contributed by atoms with Crippen molar-refractivity contribution >= 4 is 32.8 Å². The number of hydrogen-bond donors (Lipinski definition) is 1. The summed E-state index contributed by atoms with van der Waals surface area (Å²) in [7, 11) is -0.542. The second-order valence-electron chi connectivity index (χ2n) is 12.6. The Hall–Kier alpha value is -3.97. The molecule has 0 aliphatic heterocycles. The van der Waals surface area contributed by atoms with Gasteiger partial charge in [-0.1, -0.05) is 27.7 Å². The van der Waals surface area contributed by atoms with E-state index >= 15 is 0 Å². The first-order chi connectivity index (χ1) is 21.1. The zero-order chi connectivity index (χ0) is 33.1. The fourth-order valence-corrected chi connectivity index (χ4v) is 6.48. The number of nitrogens with zero attached hydrogens (tertiary/aromatic N) is 6. The highest BCUT2D eigenvalue weighted by molar-refractivity contribution is 7.89. The molecule has 0 aliphatic rings. The first-order valence-corrected chi connectivity index (χ1v) is 16.7. The third-order valence-electron chi connectivity index (χ3n) is 7.58. The number of nitrogens with one attached hydrogen (secondary N) is 1. The summed E-state index contributed by atoms with van der Waals surface area (Å²) in [5, 5.41) is 9.67. The predicted molar refractivity (Wildman–Crippen MR) is 171 cm³/mol. The van der Waals surface area contributed by atoms with E-state index in [9.17, 15) is 18.0 Å². The number of sulfonamides is 1. The number of aryl methyl sites for hydroxylation is 4. The maximum Gasteiger partial charge on any atom is 0.241 e. The van der Waals surface area contributed by atoms with E-state index in [-0.39, 0.29) is 36.2 Å². The Bertz CT molecular complexity index is 1650. The molecule has 244 valence electrons. The van der Waals surface area contributed by atoms with Gasteiger partial charge in [0.1, 0.15) is 11.6 Å². The van der Waals surface area contributed by atoms with Crippen LogP contribution in [0.25, 0.3) is 11.0 Å². The van der Waals surface area contributed by atoms with Crippen LogP contribution in [0.15, 0.2) is 52.0 Å². The first-order valence-electron chi connectivity index (χ1n) is 15.2. The van der Waals surface area contributed by atoms with E-state index in [1.807, 2.05) is 67.8 Å². The number of hydrogen-bond acceptors (Lipinski definition) is 7. The van der Waals surface area contributed by atoms with E-state index < -0.39 is 27.9 Å². The number of fused-ring (bicyclic) bond motifs is 1. The van der Waals surface area contributed by atoms with Crippen molar-refractivity contribution in [3.63, 3.8) is 0 Å². The second-order valence-corrected chi connectivity index (χ2v) is 14.3. The minimum absolute atomic E-state index is 0.0225. The van der Waals surface area contributed by atoms with Gasteiger partial charge in [0.25, 0.3) is 0 Å². The standard InChI is InChI=1S/C32H45N7O5S/c1-21(2)17-39(18-22(3)4)32(41)29(35-45(42,43)28-9-10-30-25(15-28)11-12-44-30)16-31(40)38(19-26-13-23(5)36(7)33-26)20-27-14-24(6)37(8)34-27/h9-15,21-22,29,35H,16-20H2,1-8H3/t29-/m0/s1. The molecule has 0 saturated heterocycles. The van der Waals surface area contributed by atoms with Crippen LogP contribution >= 0.6 is 0 Å². The van der Waals surface area contributed by atoms with Crippen LogP contribution in [0.4, 0.5) is 0 Å². The van der Waals surface area contributed by atoms with Crippen LogP contribution in [-0.4, -0.2) is 68.7 Å². The maximum atomic E-state index is 14.1. The molecule has 0 unspecified atom stereocenters. The molecule has 13 heteroatoms. The van der Waals surface area contributed by atoms with Crippen molar-refractivity contribution in [3.8, 4) is 0 Å². The summed E-state index contributed by atoms with van der Waals surface area (Å²) in [6.07, 6.45) is 1.10. The van der Waals surface area contributed by atoms with Gasteiger partial charge in [-0.05, 0) is 62.1 Å². The van der Waals surface area contributed by atoms with Gasteiger partial charge < -0.3 is 14.2 Å². The molecule has 0 bridgehead atoms. The lowest BCUT2D eigenvalue weighted by Gasteiger charge is -2.31. The van der Waals surface area contributed by atoms with Gasteiger partial charge in [0.15, 0.2) is 0 Å². The minimum Gasteiger partial charge on any atom is -0.464 e. The molecular formula is C32H45N7O5S. The molecule has 2 amide bonds. The normalized spacial score (nSPS) is 12.8. The average Bonchev–Trinajstić information content (AvgIpc) is 3.64. The second kappa shape index (κ2) is 14.0. The number of carbonyl (C=O) groups is 2. The Kier molecular flexibility index (Phi) is 10.5. The van der Waals surface area contributed by atoms with Gasteiger partial charge in [0, 0.05) is 44.0 Å². The van der Waals surface area contributed by atoms with Crippen molar-refractivity contribution in [1.29, 1.82) is 0 Å². The average molecular weight is 640 g/mol. The predicted octanol–water partition coefficient (Wildman–Crippen LogP) is 3.92. The third-order valence-corrected chi connectivity index (χ3v) is 9.05. The largest absolute Gasteiger partial charge is 0.464 e. The molecule has 4 rings (SSSR count). The van der Waals surface area contributed by atoms with E-state index in [0.717, 1.165) is 11.4 Å². The van der Waals surface area contributed by atoms with Gasteiger partial charge in [0.05, 0.1) is 42.1 Å². The van der Waals surface area contributed by atoms with Gasteiger partial charge in [0.2, 0.25) is 21.8 Å². The summed E-state index contributed by atoms with van der Waals surface area (Å²) in [6.45, 7) is 13.0. The lowest BCUT2D eigenvalue weighted by molar-refractivity contribution is -0.140. The molecule has 0 radical (unpaired) electrons.